The molecule has 0 aromatic heterocycles. The highest BCUT2D eigenvalue weighted by Gasteiger charge is 2.48. The molecule has 1 amide bonds. The molecule has 150 valence electrons. The fourth-order valence-corrected chi connectivity index (χ4v) is 5.02. The minimum Gasteiger partial charge on any atom is -0.410 e. The van der Waals surface area contributed by atoms with Crippen LogP contribution in [-0.2, 0) is 10.2 Å². The summed E-state index contributed by atoms with van der Waals surface area (Å²) in [5.41, 5.74) is 0. The minimum atomic E-state index is -3.82. The average molecular weight is 424 g/mol. The third kappa shape index (κ3) is 4.50. The van der Waals surface area contributed by atoms with E-state index in [1.165, 1.54) is 31.3 Å². The predicted molar refractivity (Wildman–Crippen MR) is 95.3 cm³/mol. The Hall–Kier alpha value is -1.49. The number of hydrogen-bond acceptors (Lipinski definition) is 4. The van der Waals surface area contributed by atoms with Crippen LogP contribution in [0.2, 0.25) is 5.02 Å². The van der Waals surface area contributed by atoms with Crippen LogP contribution in [0.25, 0.3) is 0 Å². The van der Waals surface area contributed by atoms with E-state index in [9.17, 15) is 22.0 Å². The maximum atomic E-state index is 14.3. The molecule has 7 nitrogen and oxygen atoms in total. The van der Waals surface area contributed by atoms with Crippen molar-refractivity contribution in [2.45, 2.75) is 24.8 Å². The fourth-order valence-electron chi connectivity index (χ4n) is 3.30. The number of alkyl halides is 2. The van der Waals surface area contributed by atoms with Crippen molar-refractivity contribution in [2.75, 3.05) is 33.2 Å². The highest BCUT2D eigenvalue weighted by molar-refractivity contribution is 7.86. The molecule has 27 heavy (non-hydrogen) atoms. The molecule has 0 bridgehead atoms. The second-order valence-electron chi connectivity index (χ2n) is 6.71. The molecular weight excluding hydrogens is 404 g/mol. The molecule has 2 saturated heterocycles. The van der Waals surface area contributed by atoms with Crippen molar-refractivity contribution in [3.63, 3.8) is 0 Å². The van der Waals surface area contributed by atoms with Crippen LogP contribution in [-0.4, -0.2) is 73.2 Å². The lowest BCUT2D eigenvalue weighted by molar-refractivity contribution is -0.0778. The SMILES string of the molecule is CN1CCCN(C2CN(C(=O)Oc3ccc(Cl)cc3)CC(F)(F)C2)S1(=O)=O. The number of carbonyl (C=O) groups excluding carboxylic acids is 1. The molecule has 2 heterocycles. The highest BCUT2D eigenvalue weighted by atomic mass is 35.5. The Bertz CT molecular complexity index is 806. The number of hydrogen-bond donors (Lipinski definition) is 0. The van der Waals surface area contributed by atoms with Gasteiger partial charge in [0.1, 0.15) is 5.75 Å². The Kier molecular flexibility index (Phi) is 5.62. The van der Waals surface area contributed by atoms with Crippen LogP contribution >= 0.6 is 11.6 Å². The first-order valence-electron chi connectivity index (χ1n) is 8.42. The second kappa shape index (κ2) is 7.50. The monoisotopic (exact) mass is 423 g/mol. The molecule has 2 aliphatic rings. The zero-order valence-electron chi connectivity index (χ0n) is 14.6. The van der Waals surface area contributed by atoms with Crippen molar-refractivity contribution in [3.05, 3.63) is 29.3 Å². The second-order valence-corrected chi connectivity index (χ2v) is 9.13. The number of rotatable bonds is 2. The first kappa shape index (κ1) is 20.2. The largest absolute Gasteiger partial charge is 0.415 e. The van der Waals surface area contributed by atoms with E-state index in [1.807, 2.05) is 0 Å². The molecular formula is C16H20ClF2N3O4S. The third-order valence-corrected chi connectivity index (χ3v) is 6.91. The molecule has 0 saturated carbocycles. The van der Waals surface area contributed by atoms with Crippen molar-refractivity contribution in [2.24, 2.45) is 0 Å². The van der Waals surface area contributed by atoms with Gasteiger partial charge in [0.2, 0.25) is 0 Å². The third-order valence-electron chi connectivity index (χ3n) is 4.61. The summed E-state index contributed by atoms with van der Waals surface area (Å²) < 4.78 is 60.8. The van der Waals surface area contributed by atoms with E-state index in [0.29, 0.717) is 18.0 Å². The summed E-state index contributed by atoms with van der Waals surface area (Å²) >= 11 is 5.76. The molecule has 2 aliphatic heterocycles. The molecule has 0 aliphatic carbocycles. The molecule has 1 aromatic rings. The molecule has 1 atom stereocenters. The van der Waals surface area contributed by atoms with Gasteiger partial charge in [0.15, 0.2) is 0 Å². The van der Waals surface area contributed by atoms with Crippen molar-refractivity contribution in [1.82, 2.24) is 13.5 Å². The van der Waals surface area contributed by atoms with E-state index in [0.717, 1.165) is 13.5 Å². The Morgan fingerprint density at radius 3 is 2.59 bits per heavy atom. The molecule has 1 unspecified atom stereocenters. The van der Waals surface area contributed by atoms with Gasteiger partial charge in [0.05, 0.1) is 6.54 Å². The number of benzene rings is 1. The average Bonchev–Trinajstić information content (AvgIpc) is 2.58. The van der Waals surface area contributed by atoms with E-state index in [1.54, 1.807) is 0 Å². The van der Waals surface area contributed by atoms with E-state index in [4.69, 9.17) is 16.3 Å². The van der Waals surface area contributed by atoms with Gasteiger partial charge < -0.3 is 9.64 Å². The Morgan fingerprint density at radius 2 is 1.93 bits per heavy atom. The minimum absolute atomic E-state index is 0.146. The summed E-state index contributed by atoms with van der Waals surface area (Å²) in [5, 5.41) is 0.443. The van der Waals surface area contributed by atoms with Gasteiger partial charge in [-0.25, -0.2) is 13.6 Å². The van der Waals surface area contributed by atoms with E-state index in [-0.39, 0.29) is 18.8 Å². The molecule has 0 N–H and O–H groups in total. The summed E-state index contributed by atoms with van der Waals surface area (Å²) in [4.78, 5) is 13.2. The van der Waals surface area contributed by atoms with Crippen molar-refractivity contribution >= 4 is 27.9 Å². The zero-order chi connectivity index (χ0) is 19.8. The number of nitrogens with zero attached hydrogens (tertiary/aromatic N) is 3. The summed E-state index contributed by atoms with van der Waals surface area (Å²) in [7, 11) is -2.41. The van der Waals surface area contributed by atoms with E-state index in [2.05, 4.69) is 0 Å². The molecule has 3 rings (SSSR count). The molecule has 0 spiro atoms. The number of carbonyl (C=O) groups is 1. The molecule has 2 fully saturated rings. The number of amides is 1. The van der Waals surface area contributed by atoms with Gasteiger partial charge in [-0.05, 0) is 30.7 Å². The quantitative estimate of drug-likeness (QED) is 0.732. The van der Waals surface area contributed by atoms with Crippen LogP contribution in [0.5, 0.6) is 5.75 Å². The van der Waals surface area contributed by atoms with Gasteiger partial charge in [-0.15, -0.1) is 0 Å². The molecule has 1 aromatic carbocycles. The standard InChI is InChI=1S/C16H20ClF2N3O4S/c1-20-7-2-8-22(27(20,24)25)13-9-16(18,19)11-21(10-13)15(23)26-14-5-3-12(17)4-6-14/h3-6,13H,2,7-11H2,1H3. The number of piperidine rings is 1. The topological polar surface area (TPSA) is 70.2 Å². The van der Waals surface area contributed by atoms with Crippen LogP contribution < -0.4 is 4.74 Å². The molecule has 0 radical (unpaired) electrons. The summed E-state index contributed by atoms with van der Waals surface area (Å²) in [6.07, 6.45) is -1.05. The van der Waals surface area contributed by atoms with Crippen molar-refractivity contribution in [1.29, 1.82) is 0 Å². The first-order chi connectivity index (χ1) is 12.6. The number of ether oxygens (including phenoxy) is 1. The van der Waals surface area contributed by atoms with Crippen LogP contribution in [0.1, 0.15) is 12.8 Å². The highest BCUT2D eigenvalue weighted by Crippen LogP contribution is 2.32. The zero-order valence-corrected chi connectivity index (χ0v) is 16.2. The molecule has 11 heteroatoms. The maximum Gasteiger partial charge on any atom is 0.415 e. The van der Waals surface area contributed by atoms with Crippen LogP contribution in [0.4, 0.5) is 13.6 Å². The maximum absolute atomic E-state index is 14.3. The first-order valence-corrected chi connectivity index (χ1v) is 10.2. The smallest absolute Gasteiger partial charge is 0.410 e. The predicted octanol–water partition coefficient (Wildman–Crippen LogP) is 2.43. The number of likely N-dealkylation sites (tertiary alicyclic amines) is 1. The van der Waals surface area contributed by atoms with Gasteiger partial charge >= 0.3 is 6.09 Å². The lowest BCUT2D eigenvalue weighted by atomic mass is 10.0. The Balaban J connectivity index is 1.76. The van der Waals surface area contributed by atoms with Gasteiger partial charge in [0.25, 0.3) is 16.1 Å². The number of halogens is 3. The summed E-state index contributed by atoms with van der Waals surface area (Å²) in [6.45, 7) is -0.494. The Morgan fingerprint density at radius 1 is 1.26 bits per heavy atom. The van der Waals surface area contributed by atoms with E-state index >= 15 is 0 Å². The van der Waals surface area contributed by atoms with Gasteiger partial charge in [-0.1, -0.05) is 11.6 Å². The van der Waals surface area contributed by atoms with Crippen LogP contribution in [0.3, 0.4) is 0 Å². The van der Waals surface area contributed by atoms with Crippen LogP contribution in [0, 0.1) is 0 Å². The van der Waals surface area contributed by atoms with Gasteiger partial charge in [0, 0.05) is 44.2 Å². The fraction of sp³-hybridized carbons (Fsp3) is 0.562. The normalized spacial score (nSPS) is 25.9. The Labute approximate surface area is 161 Å². The summed E-state index contributed by atoms with van der Waals surface area (Å²) in [6, 6.07) is 4.90. The van der Waals surface area contributed by atoms with Gasteiger partial charge in [-0.3, -0.25) is 0 Å². The van der Waals surface area contributed by atoms with E-state index < -0.39 is 41.2 Å². The lowest BCUT2D eigenvalue weighted by Gasteiger charge is -2.43. The summed E-state index contributed by atoms with van der Waals surface area (Å²) in [5.74, 6) is -3.05. The van der Waals surface area contributed by atoms with Crippen molar-refractivity contribution in [3.8, 4) is 5.75 Å². The van der Waals surface area contributed by atoms with Crippen LogP contribution in [0.15, 0.2) is 24.3 Å². The lowest BCUT2D eigenvalue weighted by Crippen LogP contribution is -2.61. The van der Waals surface area contributed by atoms with Crippen molar-refractivity contribution < 1.29 is 26.7 Å². The van der Waals surface area contributed by atoms with Gasteiger partial charge in [-0.2, -0.15) is 17.0 Å².